The average Bonchev–Trinajstić information content (AvgIpc) is 2.49. The van der Waals surface area contributed by atoms with Crippen molar-refractivity contribution in [1.82, 2.24) is 4.98 Å². The highest BCUT2D eigenvalue weighted by molar-refractivity contribution is 5.91. The number of fused-ring (bicyclic) bond motifs is 1. The van der Waals surface area contributed by atoms with Gasteiger partial charge in [0.1, 0.15) is 5.78 Å². The molecular formula is C16H24N2O. The smallest absolute Gasteiger partial charge is 0.149 e. The molecule has 1 atom stereocenters. The van der Waals surface area contributed by atoms with E-state index in [4.69, 9.17) is 5.73 Å². The lowest BCUT2D eigenvalue weighted by Crippen LogP contribution is -2.41. The SMILES string of the molecule is CCC(CC)(CN)C(=O)C1CCCc2cccnc21. The minimum absolute atomic E-state index is 0.0478. The van der Waals surface area contributed by atoms with Crippen molar-refractivity contribution in [3.05, 3.63) is 29.6 Å². The maximum absolute atomic E-state index is 13.0. The van der Waals surface area contributed by atoms with Gasteiger partial charge in [-0.1, -0.05) is 19.9 Å². The molecule has 0 spiro atoms. The number of nitrogens with zero attached hydrogens (tertiary/aromatic N) is 1. The summed E-state index contributed by atoms with van der Waals surface area (Å²) in [7, 11) is 0. The van der Waals surface area contributed by atoms with Gasteiger partial charge in [0.15, 0.2) is 0 Å². The van der Waals surface area contributed by atoms with Crippen LogP contribution in [-0.2, 0) is 11.2 Å². The van der Waals surface area contributed by atoms with Crippen LogP contribution in [0, 0.1) is 5.41 Å². The number of aromatic nitrogens is 1. The van der Waals surface area contributed by atoms with Gasteiger partial charge in [-0.3, -0.25) is 9.78 Å². The number of Topliss-reactive ketones (excluding diaryl/α,β-unsaturated/α-hetero) is 1. The van der Waals surface area contributed by atoms with Gasteiger partial charge < -0.3 is 5.73 Å². The quantitative estimate of drug-likeness (QED) is 0.885. The van der Waals surface area contributed by atoms with E-state index in [0.717, 1.165) is 37.8 Å². The first-order valence-electron chi connectivity index (χ1n) is 7.36. The lowest BCUT2D eigenvalue weighted by molar-refractivity contribution is -0.130. The Bertz CT molecular complexity index is 444. The third-order valence-electron chi connectivity index (χ3n) is 4.78. The Morgan fingerprint density at radius 3 is 2.84 bits per heavy atom. The normalized spacial score (nSPS) is 19.0. The van der Waals surface area contributed by atoms with E-state index in [1.165, 1.54) is 5.56 Å². The molecule has 1 unspecified atom stereocenters. The van der Waals surface area contributed by atoms with Gasteiger partial charge in [-0.25, -0.2) is 0 Å². The van der Waals surface area contributed by atoms with E-state index in [0.29, 0.717) is 12.3 Å². The Balaban J connectivity index is 2.35. The zero-order valence-corrected chi connectivity index (χ0v) is 12.0. The van der Waals surface area contributed by atoms with Crippen molar-refractivity contribution in [3.63, 3.8) is 0 Å². The molecule has 0 aromatic carbocycles. The van der Waals surface area contributed by atoms with E-state index in [2.05, 4.69) is 24.9 Å². The Hall–Kier alpha value is -1.22. The summed E-state index contributed by atoms with van der Waals surface area (Å²) in [5.41, 5.74) is 7.79. The van der Waals surface area contributed by atoms with Gasteiger partial charge >= 0.3 is 0 Å². The highest BCUT2D eigenvalue weighted by atomic mass is 16.1. The van der Waals surface area contributed by atoms with E-state index in [-0.39, 0.29) is 11.3 Å². The number of aryl methyl sites for hydroxylation is 1. The van der Waals surface area contributed by atoms with Crippen molar-refractivity contribution < 1.29 is 4.79 Å². The van der Waals surface area contributed by atoms with Crippen molar-refractivity contribution in [2.75, 3.05) is 6.54 Å². The fourth-order valence-corrected chi connectivity index (χ4v) is 3.22. The molecule has 1 aliphatic rings. The number of hydrogen-bond acceptors (Lipinski definition) is 3. The maximum atomic E-state index is 13.0. The Labute approximate surface area is 115 Å². The lowest BCUT2D eigenvalue weighted by Gasteiger charge is -2.34. The van der Waals surface area contributed by atoms with E-state index in [1.807, 2.05) is 6.07 Å². The first-order valence-corrected chi connectivity index (χ1v) is 7.36. The fourth-order valence-electron chi connectivity index (χ4n) is 3.22. The molecule has 1 aromatic rings. The highest BCUT2D eigenvalue weighted by Gasteiger charge is 2.40. The van der Waals surface area contributed by atoms with Crippen LogP contribution in [0.1, 0.15) is 56.7 Å². The average molecular weight is 260 g/mol. The molecule has 0 aliphatic heterocycles. The van der Waals surface area contributed by atoms with E-state index in [1.54, 1.807) is 6.20 Å². The molecule has 1 heterocycles. The second kappa shape index (κ2) is 5.83. The van der Waals surface area contributed by atoms with Crippen molar-refractivity contribution in [2.45, 2.75) is 51.9 Å². The van der Waals surface area contributed by atoms with E-state index in [9.17, 15) is 4.79 Å². The zero-order chi connectivity index (χ0) is 13.9. The number of carbonyl (C=O) groups excluding carboxylic acids is 1. The number of pyridine rings is 1. The van der Waals surface area contributed by atoms with Crippen LogP contribution in [0.2, 0.25) is 0 Å². The minimum Gasteiger partial charge on any atom is -0.329 e. The summed E-state index contributed by atoms with van der Waals surface area (Å²) in [4.78, 5) is 17.4. The first kappa shape index (κ1) is 14.2. The molecule has 19 heavy (non-hydrogen) atoms. The second-order valence-corrected chi connectivity index (χ2v) is 5.55. The number of carbonyl (C=O) groups is 1. The third-order valence-corrected chi connectivity index (χ3v) is 4.78. The monoisotopic (exact) mass is 260 g/mol. The van der Waals surface area contributed by atoms with Gasteiger partial charge in [-0.05, 0) is 43.7 Å². The van der Waals surface area contributed by atoms with Gasteiger partial charge in [0.05, 0.1) is 11.6 Å². The largest absolute Gasteiger partial charge is 0.329 e. The second-order valence-electron chi connectivity index (χ2n) is 5.55. The molecule has 0 saturated carbocycles. The summed E-state index contributed by atoms with van der Waals surface area (Å²) >= 11 is 0. The molecule has 104 valence electrons. The van der Waals surface area contributed by atoms with Crippen LogP contribution in [0.25, 0.3) is 0 Å². The standard InChI is InChI=1S/C16H24N2O/c1-3-16(4-2,11-17)15(19)13-9-5-7-12-8-6-10-18-14(12)13/h6,8,10,13H,3-5,7,9,11,17H2,1-2H3. The Morgan fingerprint density at radius 1 is 1.47 bits per heavy atom. The summed E-state index contributed by atoms with van der Waals surface area (Å²) in [6.07, 6.45) is 6.47. The summed E-state index contributed by atoms with van der Waals surface area (Å²) in [5, 5.41) is 0. The zero-order valence-electron chi connectivity index (χ0n) is 12.0. The van der Waals surface area contributed by atoms with Crippen LogP contribution < -0.4 is 5.73 Å². The van der Waals surface area contributed by atoms with Gasteiger partial charge in [0.2, 0.25) is 0 Å². The molecule has 0 saturated heterocycles. The summed E-state index contributed by atoms with van der Waals surface area (Å²) < 4.78 is 0. The van der Waals surface area contributed by atoms with Gasteiger partial charge in [0, 0.05) is 18.2 Å². The molecule has 0 amide bonds. The van der Waals surface area contributed by atoms with Gasteiger partial charge in [-0.15, -0.1) is 0 Å². The molecule has 0 radical (unpaired) electrons. The maximum Gasteiger partial charge on any atom is 0.149 e. The minimum atomic E-state index is -0.364. The first-order chi connectivity index (χ1) is 9.18. The Morgan fingerprint density at radius 2 is 2.21 bits per heavy atom. The van der Waals surface area contributed by atoms with E-state index < -0.39 is 0 Å². The summed E-state index contributed by atoms with van der Waals surface area (Å²) in [6, 6.07) is 4.06. The van der Waals surface area contributed by atoms with Crippen molar-refractivity contribution >= 4 is 5.78 Å². The molecular weight excluding hydrogens is 236 g/mol. The van der Waals surface area contributed by atoms with Crippen LogP contribution in [0.3, 0.4) is 0 Å². The van der Waals surface area contributed by atoms with Crippen molar-refractivity contribution in [1.29, 1.82) is 0 Å². The molecule has 1 aliphatic carbocycles. The summed E-state index contributed by atoms with van der Waals surface area (Å²) in [5.74, 6) is 0.257. The molecule has 3 heteroatoms. The van der Waals surface area contributed by atoms with E-state index >= 15 is 0 Å². The van der Waals surface area contributed by atoms with Crippen LogP contribution in [0.5, 0.6) is 0 Å². The lowest BCUT2D eigenvalue weighted by atomic mass is 9.70. The van der Waals surface area contributed by atoms with Gasteiger partial charge in [0.25, 0.3) is 0 Å². The molecule has 3 nitrogen and oxygen atoms in total. The number of ketones is 1. The van der Waals surface area contributed by atoms with Crippen LogP contribution >= 0.6 is 0 Å². The van der Waals surface area contributed by atoms with Crippen molar-refractivity contribution in [2.24, 2.45) is 11.1 Å². The molecule has 2 N–H and O–H groups in total. The topological polar surface area (TPSA) is 56.0 Å². The summed E-state index contributed by atoms with van der Waals surface area (Å²) in [6.45, 7) is 4.57. The number of nitrogens with two attached hydrogens (primary N) is 1. The Kier molecular flexibility index (Phi) is 4.35. The van der Waals surface area contributed by atoms with Crippen LogP contribution in [-0.4, -0.2) is 17.3 Å². The van der Waals surface area contributed by atoms with Crippen molar-refractivity contribution in [3.8, 4) is 0 Å². The number of hydrogen-bond donors (Lipinski definition) is 1. The predicted molar refractivity (Wildman–Crippen MR) is 77.0 cm³/mol. The third kappa shape index (κ3) is 2.44. The molecule has 1 aromatic heterocycles. The number of rotatable bonds is 5. The molecule has 0 fully saturated rings. The fraction of sp³-hybridized carbons (Fsp3) is 0.625. The van der Waals surface area contributed by atoms with Crippen LogP contribution in [0.4, 0.5) is 0 Å². The molecule has 2 rings (SSSR count). The predicted octanol–water partition coefficient (Wildman–Crippen LogP) is 2.84. The highest BCUT2D eigenvalue weighted by Crippen LogP contribution is 2.38. The van der Waals surface area contributed by atoms with Gasteiger partial charge in [-0.2, -0.15) is 0 Å². The van der Waals surface area contributed by atoms with Crippen LogP contribution in [0.15, 0.2) is 18.3 Å². The molecule has 0 bridgehead atoms.